The van der Waals surface area contributed by atoms with Crippen molar-refractivity contribution >= 4 is 23.4 Å². The van der Waals surface area contributed by atoms with Crippen LogP contribution in [0.1, 0.15) is 16.8 Å². The van der Waals surface area contributed by atoms with Crippen LogP contribution >= 0.6 is 11.8 Å². The maximum Gasteiger partial charge on any atom is 0.257 e. The average molecular weight is 318 g/mol. The number of ether oxygens (including phenoxy) is 1. The Morgan fingerprint density at radius 2 is 2.27 bits per heavy atom. The lowest BCUT2D eigenvalue weighted by molar-refractivity contribution is 0.102. The van der Waals surface area contributed by atoms with E-state index >= 15 is 0 Å². The summed E-state index contributed by atoms with van der Waals surface area (Å²) in [6.07, 6.45) is 2.68. The minimum Gasteiger partial charge on any atom is -0.473 e. The molecule has 0 spiro atoms. The molecule has 1 aromatic heterocycles. The number of nitrogens with zero attached hydrogens (tertiary/aromatic N) is 1. The summed E-state index contributed by atoms with van der Waals surface area (Å²) in [6, 6.07) is 9.09. The Morgan fingerprint density at radius 1 is 1.36 bits per heavy atom. The quantitative estimate of drug-likeness (QED) is 0.939. The molecule has 1 unspecified atom stereocenters. The fraction of sp³-hybridized carbons (Fsp3) is 0.250. The Hall–Kier alpha value is -2.08. The van der Waals surface area contributed by atoms with E-state index in [0.717, 1.165) is 17.9 Å². The van der Waals surface area contributed by atoms with Crippen LogP contribution in [0.15, 0.2) is 42.6 Å². The highest BCUT2D eigenvalue weighted by atomic mass is 32.2. The molecule has 1 aliphatic rings. The monoisotopic (exact) mass is 318 g/mol. The number of thioether (sulfide) groups is 1. The first kappa shape index (κ1) is 14.8. The van der Waals surface area contributed by atoms with Crippen molar-refractivity contribution < 1.29 is 13.9 Å². The van der Waals surface area contributed by atoms with Crippen molar-refractivity contribution in [2.24, 2.45) is 0 Å². The van der Waals surface area contributed by atoms with E-state index in [1.165, 1.54) is 18.3 Å². The Kier molecular flexibility index (Phi) is 4.58. The summed E-state index contributed by atoms with van der Waals surface area (Å²) in [5.41, 5.74) is 0.811. The van der Waals surface area contributed by atoms with E-state index in [9.17, 15) is 9.18 Å². The highest BCUT2D eigenvalue weighted by Crippen LogP contribution is 2.22. The van der Waals surface area contributed by atoms with Crippen LogP contribution in [0.25, 0.3) is 0 Å². The van der Waals surface area contributed by atoms with Gasteiger partial charge in [0.2, 0.25) is 5.88 Å². The second kappa shape index (κ2) is 6.79. The third kappa shape index (κ3) is 3.76. The van der Waals surface area contributed by atoms with Crippen LogP contribution in [-0.2, 0) is 0 Å². The number of hydrogen-bond donors (Lipinski definition) is 1. The number of nitrogens with one attached hydrogen (secondary N) is 1. The molecule has 0 radical (unpaired) electrons. The summed E-state index contributed by atoms with van der Waals surface area (Å²) in [4.78, 5) is 16.2. The molecule has 0 bridgehead atoms. The van der Waals surface area contributed by atoms with Crippen LogP contribution in [0.4, 0.5) is 10.1 Å². The van der Waals surface area contributed by atoms with Crippen LogP contribution in [-0.4, -0.2) is 28.5 Å². The fourth-order valence-corrected chi connectivity index (χ4v) is 3.22. The summed E-state index contributed by atoms with van der Waals surface area (Å²) in [6.45, 7) is 0. The Balaban J connectivity index is 1.63. The predicted octanol–water partition coefficient (Wildman–Crippen LogP) is 3.36. The van der Waals surface area contributed by atoms with Gasteiger partial charge in [0.1, 0.15) is 11.9 Å². The van der Waals surface area contributed by atoms with E-state index in [-0.39, 0.29) is 12.0 Å². The maximum atomic E-state index is 13.1. The highest BCUT2D eigenvalue weighted by molar-refractivity contribution is 7.99. The summed E-state index contributed by atoms with van der Waals surface area (Å²) in [7, 11) is 0. The number of aromatic nitrogens is 1. The van der Waals surface area contributed by atoms with Crippen molar-refractivity contribution in [3.05, 3.63) is 54.0 Å². The van der Waals surface area contributed by atoms with Gasteiger partial charge >= 0.3 is 0 Å². The second-order valence-electron chi connectivity index (χ2n) is 4.95. The molecule has 2 heterocycles. The van der Waals surface area contributed by atoms with Crippen molar-refractivity contribution in [1.82, 2.24) is 4.98 Å². The molecule has 1 aromatic carbocycles. The Morgan fingerprint density at radius 3 is 2.95 bits per heavy atom. The number of benzene rings is 1. The van der Waals surface area contributed by atoms with Gasteiger partial charge in [0.05, 0.1) is 5.56 Å². The molecule has 6 heteroatoms. The molecule has 1 atom stereocenters. The SMILES string of the molecule is O=C(Nc1cccc(F)c1)c1ccc(OC2CCSC2)nc1. The molecule has 1 aliphatic heterocycles. The largest absolute Gasteiger partial charge is 0.473 e. The molecule has 1 fully saturated rings. The molecule has 0 saturated carbocycles. The van der Waals surface area contributed by atoms with E-state index in [0.29, 0.717) is 17.1 Å². The lowest BCUT2D eigenvalue weighted by Gasteiger charge is -2.11. The number of pyridine rings is 1. The zero-order valence-corrected chi connectivity index (χ0v) is 12.6. The maximum absolute atomic E-state index is 13.1. The summed E-state index contributed by atoms with van der Waals surface area (Å²) >= 11 is 1.86. The van der Waals surface area contributed by atoms with Crippen molar-refractivity contribution in [3.8, 4) is 5.88 Å². The van der Waals surface area contributed by atoms with E-state index in [1.807, 2.05) is 11.8 Å². The molecule has 114 valence electrons. The zero-order chi connectivity index (χ0) is 15.4. The van der Waals surface area contributed by atoms with Gasteiger partial charge in [-0.25, -0.2) is 9.37 Å². The van der Waals surface area contributed by atoms with Crippen LogP contribution in [0.3, 0.4) is 0 Å². The van der Waals surface area contributed by atoms with E-state index in [1.54, 1.807) is 24.3 Å². The highest BCUT2D eigenvalue weighted by Gasteiger charge is 2.17. The van der Waals surface area contributed by atoms with Crippen molar-refractivity contribution in [2.45, 2.75) is 12.5 Å². The van der Waals surface area contributed by atoms with Gasteiger partial charge in [0, 0.05) is 23.7 Å². The van der Waals surface area contributed by atoms with Gasteiger partial charge in [0.25, 0.3) is 5.91 Å². The van der Waals surface area contributed by atoms with Gasteiger partial charge in [-0.1, -0.05) is 6.07 Å². The Bertz CT molecular complexity index is 657. The average Bonchev–Trinajstić information content (AvgIpc) is 3.01. The smallest absolute Gasteiger partial charge is 0.257 e. The third-order valence-corrected chi connectivity index (χ3v) is 4.39. The van der Waals surface area contributed by atoms with Crippen molar-refractivity contribution in [1.29, 1.82) is 0 Å². The first-order chi connectivity index (χ1) is 10.7. The first-order valence-corrected chi connectivity index (χ1v) is 8.13. The number of hydrogen-bond acceptors (Lipinski definition) is 4. The number of halogens is 1. The topological polar surface area (TPSA) is 51.2 Å². The minimum atomic E-state index is -0.394. The van der Waals surface area contributed by atoms with Gasteiger partial charge in [0.15, 0.2) is 0 Å². The lowest BCUT2D eigenvalue weighted by Crippen LogP contribution is -2.16. The lowest BCUT2D eigenvalue weighted by atomic mass is 10.2. The van der Waals surface area contributed by atoms with Crippen molar-refractivity contribution in [2.75, 3.05) is 16.8 Å². The number of anilines is 1. The molecular formula is C16H15FN2O2S. The molecule has 4 nitrogen and oxygen atoms in total. The van der Waals surface area contributed by atoms with E-state index < -0.39 is 5.82 Å². The number of rotatable bonds is 4. The summed E-state index contributed by atoms with van der Waals surface area (Å²) < 4.78 is 18.8. The molecule has 0 aliphatic carbocycles. The summed E-state index contributed by atoms with van der Waals surface area (Å²) in [5.74, 6) is 1.88. The van der Waals surface area contributed by atoms with Crippen LogP contribution in [0.5, 0.6) is 5.88 Å². The number of carbonyl (C=O) groups excluding carboxylic acids is 1. The predicted molar refractivity (Wildman–Crippen MR) is 84.9 cm³/mol. The molecular weight excluding hydrogens is 303 g/mol. The second-order valence-corrected chi connectivity index (χ2v) is 6.10. The normalized spacial score (nSPS) is 17.2. The zero-order valence-electron chi connectivity index (χ0n) is 11.8. The number of amides is 1. The molecule has 1 N–H and O–H groups in total. The third-order valence-electron chi connectivity index (χ3n) is 3.26. The molecule has 22 heavy (non-hydrogen) atoms. The van der Waals surface area contributed by atoms with Gasteiger partial charge in [-0.15, -0.1) is 0 Å². The van der Waals surface area contributed by atoms with Crippen LogP contribution in [0, 0.1) is 5.82 Å². The fourth-order valence-electron chi connectivity index (χ4n) is 2.13. The van der Waals surface area contributed by atoms with Gasteiger partial charge in [-0.05, 0) is 36.4 Å². The Labute approximate surface area is 132 Å². The van der Waals surface area contributed by atoms with Crippen molar-refractivity contribution in [3.63, 3.8) is 0 Å². The first-order valence-electron chi connectivity index (χ1n) is 6.98. The van der Waals surface area contributed by atoms with Gasteiger partial charge in [-0.3, -0.25) is 4.79 Å². The molecule has 3 rings (SSSR count). The molecule has 1 amide bonds. The summed E-state index contributed by atoms with van der Waals surface area (Å²) in [5, 5.41) is 2.63. The standard InChI is InChI=1S/C16H15FN2O2S/c17-12-2-1-3-13(8-12)19-16(20)11-4-5-15(18-9-11)21-14-6-7-22-10-14/h1-5,8-9,14H,6-7,10H2,(H,19,20). The van der Waals surface area contributed by atoms with E-state index in [2.05, 4.69) is 10.3 Å². The van der Waals surface area contributed by atoms with E-state index in [4.69, 9.17) is 4.74 Å². The minimum absolute atomic E-state index is 0.199. The molecule has 2 aromatic rings. The molecule has 1 saturated heterocycles. The van der Waals surface area contributed by atoms with Crippen LogP contribution < -0.4 is 10.1 Å². The van der Waals surface area contributed by atoms with Gasteiger partial charge < -0.3 is 10.1 Å². The van der Waals surface area contributed by atoms with Crippen LogP contribution in [0.2, 0.25) is 0 Å². The van der Waals surface area contributed by atoms with Gasteiger partial charge in [-0.2, -0.15) is 11.8 Å². The number of carbonyl (C=O) groups is 1.